The van der Waals surface area contributed by atoms with Crippen molar-refractivity contribution in [2.24, 2.45) is 5.10 Å². The number of aliphatic carboxylic acids is 1. The molecule has 5 heteroatoms. The average molecular weight is 256 g/mol. The Morgan fingerprint density at radius 1 is 1.00 bits per heavy atom. The standard InChI is InChI=1S/C14H12N2O3/c17-12-9-5-4-8-11(12)15-16-13(14(18)19)10-6-2-1-3-7-10/h1-9,15,17H,(H,18,19)/b16-13+. The van der Waals surface area contributed by atoms with Crippen LogP contribution in [0.2, 0.25) is 0 Å². The van der Waals surface area contributed by atoms with Gasteiger partial charge in [-0.25, -0.2) is 4.79 Å². The first kappa shape index (κ1) is 12.6. The maximum atomic E-state index is 11.2. The summed E-state index contributed by atoms with van der Waals surface area (Å²) in [4.78, 5) is 11.2. The van der Waals surface area contributed by atoms with Crippen LogP contribution in [0.3, 0.4) is 0 Å². The van der Waals surface area contributed by atoms with E-state index in [2.05, 4.69) is 10.5 Å². The minimum absolute atomic E-state index is 0.00375. The number of carbonyl (C=O) groups is 1. The number of benzene rings is 2. The highest BCUT2D eigenvalue weighted by Gasteiger charge is 2.12. The Morgan fingerprint density at radius 2 is 1.63 bits per heavy atom. The molecule has 0 radical (unpaired) electrons. The molecule has 5 nitrogen and oxygen atoms in total. The van der Waals surface area contributed by atoms with Gasteiger partial charge in [-0.05, 0) is 12.1 Å². The summed E-state index contributed by atoms with van der Waals surface area (Å²) in [6, 6.07) is 15.0. The molecule has 0 saturated heterocycles. The molecule has 0 bridgehead atoms. The van der Waals surface area contributed by atoms with Crippen LogP contribution in [0.4, 0.5) is 5.69 Å². The lowest BCUT2D eigenvalue weighted by Crippen LogP contribution is -2.16. The molecule has 0 heterocycles. The van der Waals surface area contributed by atoms with E-state index in [1.807, 2.05) is 0 Å². The monoisotopic (exact) mass is 256 g/mol. The third-order valence-electron chi connectivity index (χ3n) is 2.44. The molecule has 2 rings (SSSR count). The van der Waals surface area contributed by atoms with E-state index in [9.17, 15) is 9.90 Å². The van der Waals surface area contributed by atoms with Gasteiger partial charge >= 0.3 is 5.97 Å². The van der Waals surface area contributed by atoms with Crippen molar-refractivity contribution in [3.63, 3.8) is 0 Å². The van der Waals surface area contributed by atoms with Gasteiger partial charge in [0.25, 0.3) is 0 Å². The van der Waals surface area contributed by atoms with Crippen molar-refractivity contribution < 1.29 is 15.0 Å². The minimum atomic E-state index is -1.14. The number of phenols is 1. The maximum Gasteiger partial charge on any atom is 0.356 e. The van der Waals surface area contributed by atoms with Gasteiger partial charge in [-0.3, -0.25) is 5.43 Å². The van der Waals surface area contributed by atoms with Gasteiger partial charge in [0.2, 0.25) is 0 Å². The number of nitrogens with one attached hydrogen (secondary N) is 1. The molecule has 0 aromatic heterocycles. The van der Waals surface area contributed by atoms with Gasteiger partial charge < -0.3 is 10.2 Å². The number of carboxylic acids is 1. The van der Waals surface area contributed by atoms with Crippen molar-refractivity contribution in [3.05, 3.63) is 60.2 Å². The number of hydrogen-bond donors (Lipinski definition) is 3. The number of aromatic hydroxyl groups is 1. The third-order valence-corrected chi connectivity index (χ3v) is 2.44. The van der Waals surface area contributed by atoms with Crippen LogP contribution in [0.1, 0.15) is 5.56 Å². The molecule has 0 aliphatic heterocycles. The summed E-state index contributed by atoms with van der Waals surface area (Å²) in [5.41, 5.74) is 3.26. The van der Waals surface area contributed by atoms with Crippen molar-refractivity contribution in [2.75, 3.05) is 5.43 Å². The maximum absolute atomic E-state index is 11.2. The molecule has 0 aliphatic carbocycles. The first-order chi connectivity index (χ1) is 9.18. The van der Waals surface area contributed by atoms with Crippen molar-refractivity contribution in [3.8, 4) is 5.75 Å². The number of carboxylic acid groups (broad SMARTS) is 1. The Labute approximate surface area is 109 Å². The quantitative estimate of drug-likeness (QED) is 0.445. The molecule has 0 fully saturated rings. The smallest absolute Gasteiger partial charge is 0.356 e. The van der Waals surface area contributed by atoms with E-state index in [1.54, 1.807) is 48.5 Å². The Hall–Kier alpha value is -2.82. The van der Waals surface area contributed by atoms with Gasteiger partial charge in [0.05, 0.1) is 5.69 Å². The highest BCUT2D eigenvalue weighted by molar-refractivity contribution is 6.42. The first-order valence-corrected chi connectivity index (χ1v) is 5.59. The predicted octanol–water partition coefficient (Wildman–Crippen LogP) is 2.29. The zero-order chi connectivity index (χ0) is 13.7. The minimum Gasteiger partial charge on any atom is -0.506 e. The molecule has 2 aromatic rings. The Kier molecular flexibility index (Phi) is 3.78. The Morgan fingerprint density at radius 3 is 2.26 bits per heavy atom. The van der Waals surface area contributed by atoms with Crippen LogP contribution < -0.4 is 5.43 Å². The van der Waals surface area contributed by atoms with Gasteiger partial charge in [-0.2, -0.15) is 5.10 Å². The second-order valence-electron chi connectivity index (χ2n) is 3.76. The topological polar surface area (TPSA) is 81.9 Å². The van der Waals surface area contributed by atoms with E-state index in [4.69, 9.17) is 5.11 Å². The van der Waals surface area contributed by atoms with Crippen LogP contribution in [0.25, 0.3) is 0 Å². The lowest BCUT2D eigenvalue weighted by molar-refractivity contribution is -0.129. The summed E-state index contributed by atoms with van der Waals surface area (Å²) in [5.74, 6) is -1.14. The molecule has 0 saturated carbocycles. The van der Waals surface area contributed by atoms with E-state index in [0.717, 1.165) is 0 Å². The van der Waals surface area contributed by atoms with Crippen LogP contribution in [0.15, 0.2) is 59.7 Å². The molecule has 0 amide bonds. The first-order valence-electron chi connectivity index (χ1n) is 5.59. The Bertz CT molecular complexity index is 609. The summed E-state index contributed by atoms with van der Waals surface area (Å²) >= 11 is 0. The number of hydrogen-bond acceptors (Lipinski definition) is 4. The van der Waals surface area contributed by atoms with E-state index in [0.29, 0.717) is 11.3 Å². The number of para-hydroxylation sites is 2. The second kappa shape index (κ2) is 5.68. The van der Waals surface area contributed by atoms with E-state index in [-0.39, 0.29) is 11.5 Å². The molecule has 0 unspecified atom stereocenters. The lowest BCUT2D eigenvalue weighted by Gasteiger charge is -2.05. The zero-order valence-electron chi connectivity index (χ0n) is 9.95. The molecular weight excluding hydrogens is 244 g/mol. The Balaban J connectivity index is 2.29. The highest BCUT2D eigenvalue weighted by atomic mass is 16.4. The van der Waals surface area contributed by atoms with Crippen LogP contribution >= 0.6 is 0 Å². The third kappa shape index (κ3) is 3.10. The van der Waals surface area contributed by atoms with Gasteiger partial charge in [0, 0.05) is 5.56 Å². The van der Waals surface area contributed by atoms with Crippen LogP contribution in [-0.2, 0) is 4.79 Å². The lowest BCUT2D eigenvalue weighted by atomic mass is 10.1. The van der Waals surface area contributed by atoms with Crippen molar-refractivity contribution in [1.82, 2.24) is 0 Å². The predicted molar refractivity (Wildman–Crippen MR) is 72.3 cm³/mol. The normalized spacial score (nSPS) is 11.1. The fourth-order valence-corrected chi connectivity index (χ4v) is 1.52. The van der Waals surface area contributed by atoms with E-state index in [1.165, 1.54) is 6.07 Å². The average Bonchev–Trinajstić information content (AvgIpc) is 2.42. The van der Waals surface area contributed by atoms with Crippen LogP contribution in [0, 0.1) is 0 Å². The largest absolute Gasteiger partial charge is 0.506 e. The molecule has 0 atom stereocenters. The van der Waals surface area contributed by atoms with E-state index >= 15 is 0 Å². The molecule has 0 spiro atoms. The molecule has 3 N–H and O–H groups in total. The number of nitrogens with zero attached hydrogens (tertiary/aromatic N) is 1. The molecule has 96 valence electrons. The number of hydrazone groups is 1. The van der Waals surface area contributed by atoms with Crippen molar-refractivity contribution >= 4 is 17.4 Å². The second-order valence-corrected chi connectivity index (χ2v) is 3.76. The number of rotatable bonds is 4. The summed E-state index contributed by atoms with van der Waals surface area (Å²) in [5, 5.41) is 22.5. The summed E-state index contributed by atoms with van der Waals surface area (Å²) in [6.07, 6.45) is 0. The summed E-state index contributed by atoms with van der Waals surface area (Å²) in [6.45, 7) is 0. The zero-order valence-corrected chi connectivity index (χ0v) is 9.95. The summed E-state index contributed by atoms with van der Waals surface area (Å²) in [7, 11) is 0. The van der Waals surface area contributed by atoms with Gasteiger partial charge in [-0.15, -0.1) is 0 Å². The van der Waals surface area contributed by atoms with Crippen molar-refractivity contribution in [2.45, 2.75) is 0 Å². The highest BCUT2D eigenvalue weighted by Crippen LogP contribution is 2.21. The SMILES string of the molecule is O=C(O)/C(=N/Nc1ccccc1O)c1ccccc1. The van der Waals surface area contributed by atoms with Gasteiger partial charge in [0.1, 0.15) is 5.75 Å². The number of anilines is 1. The van der Waals surface area contributed by atoms with Gasteiger partial charge in [0.15, 0.2) is 5.71 Å². The fourth-order valence-electron chi connectivity index (χ4n) is 1.52. The fraction of sp³-hybridized carbons (Fsp3) is 0. The molecule has 0 aliphatic rings. The molecule has 19 heavy (non-hydrogen) atoms. The van der Waals surface area contributed by atoms with Crippen molar-refractivity contribution in [1.29, 1.82) is 0 Å². The van der Waals surface area contributed by atoms with Gasteiger partial charge in [-0.1, -0.05) is 42.5 Å². The van der Waals surface area contributed by atoms with Crippen LogP contribution in [0.5, 0.6) is 5.75 Å². The number of phenolic OH excluding ortho intramolecular Hbond substituents is 1. The van der Waals surface area contributed by atoms with Crippen LogP contribution in [-0.4, -0.2) is 21.9 Å². The summed E-state index contributed by atoms with van der Waals surface area (Å²) < 4.78 is 0. The van der Waals surface area contributed by atoms with E-state index < -0.39 is 5.97 Å². The molecule has 2 aromatic carbocycles. The molecular formula is C14H12N2O3.